The van der Waals surface area contributed by atoms with E-state index >= 15 is 0 Å². The maximum Gasteiger partial charge on any atom is 0.503 e. The van der Waals surface area contributed by atoms with Crippen molar-refractivity contribution < 1.29 is 30.3 Å². The fourth-order valence-electron chi connectivity index (χ4n) is 0.519. The number of hydrogen-bond donors (Lipinski definition) is 5. The van der Waals surface area contributed by atoms with Crippen LogP contribution in [0.1, 0.15) is 0 Å². The molecule has 0 aliphatic carbocycles. The normalized spacial score (nSPS) is 8.31. The molecule has 0 radical (unpaired) electrons. The van der Waals surface area contributed by atoms with Gasteiger partial charge in [-0.1, -0.05) is 6.07 Å². The highest BCUT2D eigenvalue weighted by molar-refractivity contribution is 5.53. The zero-order chi connectivity index (χ0) is 10.4. The van der Waals surface area contributed by atoms with Gasteiger partial charge in [0.05, 0.1) is 0 Å². The molecule has 1 aromatic carbocycles. The van der Waals surface area contributed by atoms with Crippen molar-refractivity contribution in [3.05, 3.63) is 18.2 Å². The molecular formula is C7H8O6. The van der Waals surface area contributed by atoms with E-state index in [2.05, 4.69) is 0 Å². The molecule has 0 saturated carbocycles. The Kier molecular flexibility index (Phi) is 3.94. The molecule has 0 aromatic heterocycles. The second-order valence-corrected chi connectivity index (χ2v) is 1.93. The molecule has 0 saturated heterocycles. The molecule has 72 valence electrons. The molecule has 1 rings (SSSR count). The van der Waals surface area contributed by atoms with Crippen LogP contribution in [0, 0.1) is 0 Å². The number of hydrogen-bond acceptors (Lipinski definition) is 4. The van der Waals surface area contributed by atoms with Crippen LogP contribution in [0.15, 0.2) is 18.2 Å². The molecule has 0 bridgehead atoms. The molecule has 0 amide bonds. The Labute approximate surface area is 72.9 Å². The summed E-state index contributed by atoms with van der Waals surface area (Å²) in [5.41, 5.74) is 0. The minimum atomic E-state index is -1.83. The SMILES string of the molecule is O=C(O)O.Oc1cccc(O)c1O. The molecule has 6 nitrogen and oxygen atoms in total. The summed E-state index contributed by atoms with van der Waals surface area (Å²) < 4.78 is 0. The van der Waals surface area contributed by atoms with Crippen molar-refractivity contribution in [3.63, 3.8) is 0 Å². The minimum Gasteiger partial charge on any atom is -0.504 e. The van der Waals surface area contributed by atoms with Gasteiger partial charge < -0.3 is 25.5 Å². The lowest BCUT2D eigenvalue weighted by molar-refractivity contribution is 0.137. The van der Waals surface area contributed by atoms with Crippen molar-refractivity contribution in [3.8, 4) is 17.2 Å². The van der Waals surface area contributed by atoms with Crippen LogP contribution in [0.3, 0.4) is 0 Å². The number of aromatic hydroxyl groups is 3. The van der Waals surface area contributed by atoms with Gasteiger partial charge in [-0.05, 0) is 12.1 Å². The second kappa shape index (κ2) is 4.70. The van der Waals surface area contributed by atoms with E-state index < -0.39 is 11.9 Å². The van der Waals surface area contributed by atoms with Gasteiger partial charge in [0.1, 0.15) is 0 Å². The Morgan fingerprint density at radius 2 is 1.31 bits per heavy atom. The van der Waals surface area contributed by atoms with Crippen LogP contribution in [-0.2, 0) is 0 Å². The van der Waals surface area contributed by atoms with E-state index in [0.29, 0.717) is 0 Å². The molecule has 0 aliphatic heterocycles. The summed E-state index contributed by atoms with van der Waals surface area (Å²) in [7, 11) is 0. The predicted molar refractivity (Wildman–Crippen MR) is 42.1 cm³/mol. The van der Waals surface area contributed by atoms with Crippen LogP contribution in [0.5, 0.6) is 17.2 Å². The van der Waals surface area contributed by atoms with Gasteiger partial charge in [0.15, 0.2) is 17.2 Å². The van der Waals surface area contributed by atoms with E-state index in [9.17, 15) is 0 Å². The Bertz CT molecular complexity index is 271. The first-order valence-electron chi connectivity index (χ1n) is 3.07. The van der Waals surface area contributed by atoms with Gasteiger partial charge in [0.25, 0.3) is 0 Å². The van der Waals surface area contributed by atoms with Crippen molar-refractivity contribution >= 4 is 6.16 Å². The third kappa shape index (κ3) is 4.35. The molecule has 0 unspecified atom stereocenters. The monoisotopic (exact) mass is 188 g/mol. The van der Waals surface area contributed by atoms with Crippen LogP contribution in [-0.4, -0.2) is 31.7 Å². The van der Waals surface area contributed by atoms with Crippen LogP contribution in [0.25, 0.3) is 0 Å². The largest absolute Gasteiger partial charge is 0.504 e. The first-order valence-corrected chi connectivity index (χ1v) is 3.07. The van der Waals surface area contributed by atoms with Crippen molar-refractivity contribution in [1.82, 2.24) is 0 Å². The first kappa shape index (κ1) is 10.9. The number of benzene rings is 1. The van der Waals surface area contributed by atoms with Gasteiger partial charge in [-0.3, -0.25) is 0 Å². The lowest BCUT2D eigenvalue weighted by atomic mass is 10.3. The summed E-state index contributed by atoms with van der Waals surface area (Å²) in [5, 5.41) is 40.0. The average molecular weight is 188 g/mol. The second-order valence-electron chi connectivity index (χ2n) is 1.93. The van der Waals surface area contributed by atoms with Gasteiger partial charge in [-0.25, -0.2) is 4.79 Å². The van der Waals surface area contributed by atoms with Gasteiger partial charge in [-0.2, -0.15) is 0 Å². The molecule has 1 aromatic rings. The van der Waals surface area contributed by atoms with Gasteiger partial charge in [0.2, 0.25) is 0 Å². The van der Waals surface area contributed by atoms with Crippen molar-refractivity contribution in [2.24, 2.45) is 0 Å². The molecule has 0 fully saturated rings. The fraction of sp³-hybridized carbons (Fsp3) is 0. The summed E-state index contributed by atoms with van der Waals surface area (Å²) in [6, 6.07) is 4.01. The third-order valence-electron chi connectivity index (χ3n) is 0.993. The minimum absolute atomic E-state index is 0.310. The topological polar surface area (TPSA) is 118 Å². The van der Waals surface area contributed by atoms with Crippen LogP contribution >= 0.6 is 0 Å². The van der Waals surface area contributed by atoms with Crippen LogP contribution in [0.4, 0.5) is 4.79 Å². The summed E-state index contributed by atoms with van der Waals surface area (Å²) in [5.74, 6) is -1.09. The van der Waals surface area contributed by atoms with E-state index in [1.165, 1.54) is 18.2 Å². The van der Waals surface area contributed by atoms with Crippen molar-refractivity contribution in [1.29, 1.82) is 0 Å². The third-order valence-corrected chi connectivity index (χ3v) is 0.993. The highest BCUT2D eigenvalue weighted by atomic mass is 16.6. The van der Waals surface area contributed by atoms with Gasteiger partial charge in [-0.15, -0.1) is 0 Å². The number of para-hydroxylation sites is 1. The maximum atomic E-state index is 8.71. The standard InChI is InChI=1S/C6H6O3.CH2O3/c7-4-2-1-3-5(8)6(4)9;2-1(3)4/h1-3,7-9H;(H2,2,3,4). The Hall–Kier alpha value is -2.11. The van der Waals surface area contributed by atoms with Crippen molar-refractivity contribution in [2.45, 2.75) is 0 Å². The Morgan fingerprint density at radius 3 is 1.54 bits per heavy atom. The molecule has 5 N–H and O–H groups in total. The number of phenolic OH excluding ortho intramolecular Hbond substituents is 3. The van der Waals surface area contributed by atoms with E-state index in [4.69, 9.17) is 30.3 Å². The van der Waals surface area contributed by atoms with Gasteiger partial charge in [0, 0.05) is 0 Å². The van der Waals surface area contributed by atoms with Crippen LogP contribution in [0.2, 0.25) is 0 Å². The Balaban J connectivity index is 0.000000310. The molecule has 6 heteroatoms. The van der Waals surface area contributed by atoms with E-state index in [1.54, 1.807) is 0 Å². The maximum absolute atomic E-state index is 8.71. The highest BCUT2D eigenvalue weighted by Gasteiger charge is 2.00. The molecule has 0 spiro atoms. The summed E-state index contributed by atoms with van der Waals surface area (Å²) in [4.78, 5) is 8.56. The number of carboxylic acid groups (broad SMARTS) is 2. The van der Waals surface area contributed by atoms with Crippen molar-refractivity contribution in [2.75, 3.05) is 0 Å². The Morgan fingerprint density at radius 1 is 1.00 bits per heavy atom. The fourth-order valence-corrected chi connectivity index (χ4v) is 0.519. The predicted octanol–water partition coefficient (Wildman–Crippen LogP) is 1.03. The van der Waals surface area contributed by atoms with E-state index in [-0.39, 0.29) is 11.5 Å². The zero-order valence-corrected chi connectivity index (χ0v) is 6.38. The molecular weight excluding hydrogens is 180 g/mol. The summed E-state index contributed by atoms with van der Waals surface area (Å²) in [6.07, 6.45) is -1.83. The number of rotatable bonds is 0. The van der Waals surface area contributed by atoms with E-state index in [1.807, 2.05) is 0 Å². The zero-order valence-electron chi connectivity index (χ0n) is 6.38. The average Bonchev–Trinajstić information content (AvgIpc) is 1.99. The number of phenols is 3. The summed E-state index contributed by atoms with van der Waals surface area (Å²) in [6.45, 7) is 0. The quantitative estimate of drug-likeness (QED) is 0.388. The van der Waals surface area contributed by atoms with Crippen LogP contribution < -0.4 is 0 Å². The lowest BCUT2D eigenvalue weighted by Crippen LogP contribution is -1.81. The van der Waals surface area contributed by atoms with E-state index in [0.717, 1.165) is 0 Å². The number of carbonyl (C=O) groups is 1. The molecule has 0 heterocycles. The highest BCUT2D eigenvalue weighted by Crippen LogP contribution is 2.32. The molecule has 0 atom stereocenters. The molecule has 13 heavy (non-hydrogen) atoms. The lowest BCUT2D eigenvalue weighted by Gasteiger charge is -1.96. The van der Waals surface area contributed by atoms with Gasteiger partial charge >= 0.3 is 6.16 Å². The molecule has 0 aliphatic rings. The smallest absolute Gasteiger partial charge is 0.503 e. The summed E-state index contributed by atoms with van der Waals surface area (Å²) >= 11 is 0. The first-order chi connectivity index (χ1) is 5.95.